The van der Waals surface area contributed by atoms with Gasteiger partial charge in [-0.2, -0.15) is 0 Å². The third-order valence-electron chi connectivity index (χ3n) is 4.20. The van der Waals surface area contributed by atoms with Gasteiger partial charge in [0.05, 0.1) is 6.54 Å². The average Bonchev–Trinajstić information content (AvgIpc) is 3.03. The maximum absolute atomic E-state index is 12.5. The lowest BCUT2D eigenvalue weighted by Crippen LogP contribution is -2.46. The number of likely N-dealkylation sites (tertiary alicyclic amines) is 1. The number of nitrogens with zero attached hydrogens (tertiary/aromatic N) is 3. The molecule has 124 valence electrons. The van der Waals surface area contributed by atoms with E-state index in [1.807, 2.05) is 6.07 Å². The lowest BCUT2D eigenvalue weighted by molar-refractivity contribution is -0.145. The summed E-state index contributed by atoms with van der Waals surface area (Å²) < 4.78 is 0. The van der Waals surface area contributed by atoms with Gasteiger partial charge >= 0.3 is 17.8 Å². The van der Waals surface area contributed by atoms with Crippen LogP contribution in [0.5, 0.6) is 0 Å². The van der Waals surface area contributed by atoms with E-state index in [9.17, 15) is 19.2 Å². The number of rotatable bonds is 5. The van der Waals surface area contributed by atoms with Crippen LogP contribution in [0.15, 0.2) is 43.0 Å². The Hall–Kier alpha value is -2.96. The Morgan fingerprint density at radius 2 is 1.79 bits per heavy atom. The average molecular weight is 327 g/mol. The van der Waals surface area contributed by atoms with Gasteiger partial charge in [-0.1, -0.05) is 36.4 Å². The minimum Gasteiger partial charge on any atom is -0.337 e. The van der Waals surface area contributed by atoms with Crippen LogP contribution < -0.4 is 0 Å². The standard InChI is InChI=1S/C17H17N3O4/c1-2-9-18-10-8-13(14(18)21)20-16(23)15(22)19(17(20)24)11-12-6-4-3-5-7-12/h2-7,13H,1,8-11H2/t13-/m1/s1. The molecule has 5 amide bonds. The van der Waals surface area contributed by atoms with Gasteiger partial charge in [-0.15, -0.1) is 6.58 Å². The molecule has 3 rings (SSSR count). The van der Waals surface area contributed by atoms with Crippen LogP contribution in [0.25, 0.3) is 0 Å². The van der Waals surface area contributed by atoms with E-state index in [1.54, 1.807) is 30.3 Å². The molecular weight excluding hydrogens is 310 g/mol. The van der Waals surface area contributed by atoms with Gasteiger partial charge in [0, 0.05) is 13.1 Å². The van der Waals surface area contributed by atoms with Crippen LogP contribution in [0, 0.1) is 0 Å². The second-order valence-corrected chi connectivity index (χ2v) is 5.71. The molecule has 7 heteroatoms. The Kier molecular flexibility index (Phi) is 4.16. The molecule has 0 saturated carbocycles. The predicted molar refractivity (Wildman–Crippen MR) is 84.4 cm³/mol. The van der Waals surface area contributed by atoms with E-state index in [0.29, 0.717) is 19.5 Å². The minimum absolute atomic E-state index is 0.0119. The topological polar surface area (TPSA) is 78.0 Å². The first-order valence-corrected chi connectivity index (χ1v) is 7.67. The number of hydrogen-bond donors (Lipinski definition) is 0. The summed E-state index contributed by atoms with van der Waals surface area (Å²) in [5.74, 6) is -2.15. The van der Waals surface area contributed by atoms with E-state index >= 15 is 0 Å². The van der Waals surface area contributed by atoms with Gasteiger partial charge in [0.25, 0.3) is 0 Å². The fourth-order valence-electron chi connectivity index (χ4n) is 3.00. The smallest absolute Gasteiger partial charge is 0.335 e. The highest BCUT2D eigenvalue weighted by molar-refractivity contribution is 6.45. The Morgan fingerprint density at radius 3 is 2.46 bits per heavy atom. The molecule has 24 heavy (non-hydrogen) atoms. The second kappa shape index (κ2) is 6.27. The molecule has 0 radical (unpaired) electrons. The summed E-state index contributed by atoms with van der Waals surface area (Å²) in [6, 6.07) is 7.28. The van der Waals surface area contributed by atoms with Crippen LogP contribution in [0.2, 0.25) is 0 Å². The lowest BCUT2D eigenvalue weighted by Gasteiger charge is -2.21. The first-order chi connectivity index (χ1) is 11.5. The van der Waals surface area contributed by atoms with E-state index in [4.69, 9.17) is 0 Å². The molecule has 2 heterocycles. The molecule has 1 aromatic carbocycles. The summed E-state index contributed by atoms with van der Waals surface area (Å²) in [7, 11) is 0. The Bertz CT molecular complexity index is 716. The third-order valence-corrected chi connectivity index (χ3v) is 4.20. The van der Waals surface area contributed by atoms with E-state index < -0.39 is 23.9 Å². The summed E-state index contributed by atoms with van der Waals surface area (Å²) in [6.45, 7) is 4.37. The van der Waals surface area contributed by atoms with Crippen LogP contribution in [0.3, 0.4) is 0 Å². The number of benzene rings is 1. The zero-order chi connectivity index (χ0) is 17.3. The summed E-state index contributed by atoms with van der Waals surface area (Å²) >= 11 is 0. The molecule has 0 spiro atoms. The van der Waals surface area contributed by atoms with Crippen LogP contribution in [-0.2, 0) is 20.9 Å². The number of carbonyl (C=O) groups is 4. The van der Waals surface area contributed by atoms with Crippen molar-refractivity contribution < 1.29 is 19.2 Å². The van der Waals surface area contributed by atoms with Gasteiger partial charge < -0.3 is 4.90 Å². The third kappa shape index (κ3) is 2.58. The molecular formula is C17H17N3O4. The van der Waals surface area contributed by atoms with E-state index in [-0.39, 0.29) is 12.5 Å². The SMILES string of the molecule is C=CCN1CC[C@@H](N2C(=O)C(=O)N(Cc3ccccc3)C2=O)C1=O. The molecule has 2 fully saturated rings. The highest BCUT2D eigenvalue weighted by Crippen LogP contribution is 2.24. The van der Waals surface area contributed by atoms with E-state index in [1.165, 1.54) is 4.90 Å². The number of carbonyl (C=O) groups excluding carboxylic acids is 4. The number of amides is 5. The largest absolute Gasteiger partial charge is 0.337 e. The van der Waals surface area contributed by atoms with Gasteiger partial charge in [0.1, 0.15) is 6.04 Å². The highest BCUT2D eigenvalue weighted by Gasteiger charge is 2.51. The number of urea groups is 1. The van der Waals surface area contributed by atoms with Crippen molar-refractivity contribution in [3.05, 3.63) is 48.6 Å². The fraction of sp³-hybridized carbons (Fsp3) is 0.294. The molecule has 0 bridgehead atoms. The predicted octanol–water partition coefficient (Wildman–Crippen LogP) is 0.764. The quantitative estimate of drug-likeness (QED) is 0.454. The molecule has 1 atom stereocenters. The van der Waals surface area contributed by atoms with Crippen molar-refractivity contribution in [1.29, 1.82) is 0 Å². The van der Waals surface area contributed by atoms with E-state index in [2.05, 4.69) is 6.58 Å². The molecule has 0 aliphatic carbocycles. The zero-order valence-corrected chi connectivity index (χ0v) is 13.1. The first-order valence-electron chi connectivity index (χ1n) is 7.67. The van der Waals surface area contributed by atoms with Crippen molar-refractivity contribution in [1.82, 2.24) is 14.7 Å². The highest BCUT2D eigenvalue weighted by atomic mass is 16.2. The van der Waals surface area contributed by atoms with Crippen molar-refractivity contribution in [3.8, 4) is 0 Å². The molecule has 0 unspecified atom stereocenters. The molecule has 2 aliphatic rings. The maximum atomic E-state index is 12.5. The number of imide groups is 2. The first kappa shape index (κ1) is 15.9. The Labute approximate surface area is 139 Å². The van der Waals surface area contributed by atoms with Crippen LogP contribution >= 0.6 is 0 Å². The maximum Gasteiger partial charge on any atom is 0.335 e. The second-order valence-electron chi connectivity index (χ2n) is 5.71. The van der Waals surface area contributed by atoms with Crippen molar-refractivity contribution in [2.75, 3.05) is 13.1 Å². The van der Waals surface area contributed by atoms with Crippen molar-refractivity contribution in [2.24, 2.45) is 0 Å². The fourth-order valence-corrected chi connectivity index (χ4v) is 3.00. The van der Waals surface area contributed by atoms with Gasteiger partial charge in [0.2, 0.25) is 5.91 Å². The summed E-state index contributed by atoms with van der Waals surface area (Å²) in [6.07, 6.45) is 1.91. The normalized spacial score (nSPS) is 21.2. The molecule has 7 nitrogen and oxygen atoms in total. The van der Waals surface area contributed by atoms with Gasteiger partial charge in [-0.25, -0.2) is 9.69 Å². The van der Waals surface area contributed by atoms with Crippen LogP contribution in [-0.4, -0.2) is 57.6 Å². The molecule has 0 N–H and O–H groups in total. The van der Waals surface area contributed by atoms with Gasteiger partial charge in [0.15, 0.2) is 0 Å². The lowest BCUT2D eigenvalue weighted by atomic mass is 10.2. The van der Waals surface area contributed by atoms with Crippen LogP contribution in [0.4, 0.5) is 4.79 Å². The molecule has 2 aliphatic heterocycles. The summed E-state index contributed by atoms with van der Waals surface area (Å²) in [5.41, 5.74) is 0.736. The summed E-state index contributed by atoms with van der Waals surface area (Å²) in [4.78, 5) is 52.5. The van der Waals surface area contributed by atoms with E-state index in [0.717, 1.165) is 15.4 Å². The molecule has 1 aromatic rings. The number of hydrogen-bond acceptors (Lipinski definition) is 4. The van der Waals surface area contributed by atoms with Crippen LogP contribution in [0.1, 0.15) is 12.0 Å². The molecule has 2 saturated heterocycles. The zero-order valence-electron chi connectivity index (χ0n) is 13.1. The van der Waals surface area contributed by atoms with Crippen molar-refractivity contribution in [3.63, 3.8) is 0 Å². The van der Waals surface area contributed by atoms with Gasteiger partial charge in [-0.3, -0.25) is 19.3 Å². The monoisotopic (exact) mass is 327 g/mol. The summed E-state index contributed by atoms with van der Waals surface area (Å²) in [5, 5.41) is 0. The van der Waals surface area contributed by atoms with Gasteiger partial charge in [-0.05, 0) is 12.0 Å². The van der Waals surface area contributed by atoms with Crippen molar-refractivity contribution >= 4 is 23.8 Å². The Morgan fingerprint density at radius 1 is 1.08 bits per heavy atom. The minimum atomic E-state index is -0.935. The molecule has 0 aromatic heterocycles. The Balaban J connectivity index is 1.80. The van der Waals surface area contributed by atoms with Crippen molar-refractivity contribution in [2.45, 2.75) is 19.0 Å².